The van der Waals surface area contributed by atoms with E-state index in [0.29, 0.717) is 29.2 Å². The number of para-hydroxylation sites is 1. The zero-order valence-electron chi connectivity index (χ0n) is 28.6. The van der Waals surface area contributed by atoms with Crippen LogP contribution < -0.4 is 15.5 Å². The number of thioether (sulfide) groups is 2. The van der Waals surface area contributed by atoms with Gasteiger partial charge in [0.15, 0.2) is 0 Å². The van der Waals surface area contributed by atoms with E-state index < -0.39 is 22.9 Å². The van der Waals surface area contributed by atoms with Gasteiger partial charge in [0.1, 0.15) is 10.6 Å². The van der Waals surface area contributed by atoms with Crippen molar-refractivity contribution in [2.24, 2.45) is 0 Å². The average Bonchev–Trinajstić information content (AvgIpc) is 3.43. The van der Waals surface area contributed by atoms with E-state index in [2.05, 4.69) is 16.7 Å². The number of thiophene rings is 1. The lowest BCUT2D eigenvalue weighted by Gasteiger charge is -2.40. The molecule has 0 radical (unpaired) electrons. The number of esters is 1. The number of hydrogen-bond donors (Lipinski definition) is 2. The lowest BCUT2D eigenvalue weighted by molar-refractivity contribution is -0.115. The van der Waals surface area contributed by atoms with Gasteiger partial charge < -0.3 is 25.0 Å². The van der Waals surface area contributed by atoms with Crippen molar-refractivity contribution < 1.29 is 28.7 Å². The minimum atomic E-state index is -0.631. The molecule has 0 saturated carbocycles. The molecule has 6 rings (SSSR count). The first kappa shape index (κ1) is 35.6. The molecular formula is C37H40N4O6S3. The first-order valence-corrected chi connectivity index (χ1v) is 19.1. The molecule has 2 aromatic carbocycles. The Balaban J connectivity index is 1.14. The summed E-state index contributed by atoms with van der Waals surface area (Å²) in [6, 6.07) is 15.0. The second kappa shape index (κ2) is 15.0. The van der Waals surface area contributed by atoms with Crippen LogP contribution in [0.25, 0.3) is 0 Å². The van der Waals surface area contributed by atoms with Crippen LogP contribution in [0.3, 0.4) is 0 Å². The van der Waals surface area contributed by atoms with Gasteiger partial charge in [-0.25, -0.2) is 14.4 Å². The number of urea groups is 1. The van der Waals surface area contributed by atoms with Crippen LogP contribution in [0, 0.1) is 0 Å². The molecular weight excluding hydrogens is 693 g/mol. The largest absolute Gasteiger partial charge is 0.462 e. The van der Waals surface area contributed by atoms with E-state index >= 15 is 0 Å². The summed E-state index contributed by atoms with van der Waals surface area (Å²) < 4.78 is 10.9. The summed E-state index contributed by atoms with van der Waals surface area (Å²) in [4.78, 5) is 59.3. The summed E-state index contributed by atoms with van der Waals surface area (Å²) in [5.74, 6) is -0.793. The van der Waals surface area contributed by atoms with Crippen LogP contribution in [-0.4, -0.2) is 64.2 Å². The maximum Gasteiger partial charge on any atom is 0.410 e. The lowest BCUT2D eigenvalue weighted by atomic mass is 10.0. The summed E-state index contributed by atoms with van der Waals surface area (Å²) >= 11 is 4.37. The summed E-state index contributed by atoms with van der Waals surface area (Å²) in [5.41, 5.74) is 1.97. The number of nitrogens with zero attached hydrogens (tertiary/aromatic N) is 2. The second-order valence-electron chi connectivity index (χ2n) is 13.0. The number of allylic oxidation sites excluding steroid dienone is 2. The molecule has 0 spiro atoms. The molecule has 0 saturated heterocycles. The van der Waals surface area contributed by atoms with Crippen LogP contribution in [0.2, 0.25) is 0 Å². The Morgan fingerprint density at radius 3 is 2.60 bits per heavy atom. The molecule has 3 atom stereocenters. The lowest BCUT2D eigenvalue weighted by Crippen LogP contribution is -2.49. The first-order valence-electron chi connectivity index (χ1n) is 16.5. The predicted molar refractivity (Wildman–Crippen MR) is 201 cm³/mol. The van der Waals surface area contributed by atoms with Crippen molar-refractivity contribution in [2.45, 2.75) is 79.5 Å². The predicted octanol–water partition coefficient (Wildman–Crippen LogP) is 8.34. The SMILES string of the molecule is CCOC(=O)c1c(NC(=O)C(C)Sc2cccc(NC(=O)N3c4ccccc4SC4C=CC=CC43)c2)sc2c1CCN(C(=O)OC(C)(C)C)C2. The third-order valence-electron chi connectivity index (χ3n) is 8.15. The Kier molecular flexibility index (Phi) is 10.7. The minimum Gasteiger partial charge on any atom is -0.462 e. The number of ether oxygens (including phenoxy) is 2. The number of carbonyl (C=O) groups is 4. The normalized spacial score (nSPS) is 18.3. The third-order valence-corrected chi connectivity index (χ3v) is 11.7. The molecule has 1 aliphatic carbocycles. The molecule has 2 aliphatic heterocycles. The maximum absolute atomic E-state index is 13.8. The number of carbonyl (C=O) groups excluding carboxylic acids is 4. The summed E-state index contributed by atoms with van der Waals surface area (Å²) in [6.45, 7) is 9.83. The van der Waals surface area contributed by atoms with Crippen LogP contribution in [0.5, 0.6) is 0 Å². The Labute approximate surface area is 304 Å². The Bertz CT molecular complexity index is 1870. The fourth-order valence-corrected chi connectivity index (χ4v) is 9.36. The standard InChI is InChI=1S/C37H40N4O6S3/c1-6-46-34(43)31-25-18-19-40(36(45)47-37(3,4)5)21-30(25)50-33(31)39-32(42)22(2)48-24-13-11-12-23(20-24)38-35(44)41-26-14-7-9-16-28(26)49-29-17-10-8-15-27(29)41/h7-17,20,22,26,28H,6,18-19,21H2,1-5H3,(H,38,44)(H,39,42). The molecule has 13 heteroatoms. The first-order chi connectivity index (χ1) is 23.9. The fourth-order valence-electron chi connectivity index (χ4n) is 5.92. The summed E-state index contributed by atoms with van der Waals surface area (Å²) in [5, 5.41) is 6.02. The average molecular weight is 733 g/mol. The van der Waals surface area contributed by atoms with Crippen LogP contribution in [0.15, 0.2) is 82.6 Å². The Morgan fingerprint density at radius 1 is 1.04 bits per heavy atom. The quantitative estimate of drug-likeness (QED) is 0.184. The highest BCUT2D eigenvalue weighted by molar-refractivity contribution is 8.00. The minimum absolute atomic E-state index is 0.115. The highest BCUT2D eigenvalue weighted by atomic mass is 32.2. The van der Waals surface area contributed by atoms with Gasteiger partial charge in [-0.2, -0.15) is 0 Å². The molecule has 4 amide bonds. The number of amides is 4. The second-order valence-corrected chi connectivity index (χ2v) is 16.7. The molecule has 2 N–H and O–H groups in total. The highest BCUT2D eigenvalue weighted by Gasteiger charge is 2.37. The molecule has 3 heterocycles. The van der Waals surface area contributed by atoms with Gasteiger partial charge in [0.25, 0.3) is 0 Å². The van der Waals surface area contributed by atoms with E-state index in [-0.39, 0.29) is 36.4 Å². The van der Waals surface area contributed by atoms with Gasteiger partial charge in [-0.1, -0.05) is 42.5 Å². The molecule has 3 aliphatic rings. The van der Waals surface area contributed by atoms with Gasteiger partial charge in [-0.3, -0.25) is 9.69 Å². The smallest absolute Gasteiger partial charge is 0.410 e. The Hall–Kier alpha value is -4.20. The number of fused-ring (bicyclic) bond motifs is 3. The highest BCUT2D eigenvalue weighted by Crippen LogP contribution is 2.44. The zero-order chi connectivity index (χ0) is 35.6. The topological polar surface area (TPSA) is 117 Å². The zero-order valence-corrected chi connectivity index (χ0v) is 31.0. The maximum atomic E-state index is 13.8. The number of anilines is 3. The van der Waals surface area contributed by atoms with Crippen molar-refractivity contribution in [3.63, 3.8) is 0 Å². The van der Waals surface area contributed by atoms with Crippen molar-refractivity contribution in [1.82, 2.24) is 4.90 Å². The van der Waals surface area contributed by atoms with Crippen LogP contribution >= 0.6 is 34.9 Å². The van der Waals surface area contributed by atoms with Gasteiger partial charge in [0.2, 0.25) is 5.91 Å². The molecule has 3 aromatic rings. The summed E-state index contributed by atoms with van der Waals surface area (Å²) in [7, 11) is 0. The molecule has 1 aromatic heterocycles. The van der Waals surface area contributed by atoms with Gasteiger partial charge in [-0.15, -0.1) is 34.9 Å². The summed E-state index contributed by atoms with van der Waals surface area (Å²) in [6.07, 6.45) is 8.17. The van der Waals surface area contributed by atoms with Crippen LogP contribution in [0.1, 0.15) is 55.4 Å². The Morgan fingerprint density at radius 2 is 1.82 bits per heavy atom. The van der Waals surface area contributed by atoms with E-state index in [0.717, 1.165) is 25.9 Å². The van der Waals surface area contributed by atoms with E-state index in [4.69, 9.17) is 9.47 Å². The molecule has 50 heavy (non-hydrogen) atoms. The monoisotopic (exact) mass is 732 g/mol. The number of nitrogens with one attached hydrogen (secondary N) is 2. The van der Waals surface area contributed by atoms with Crippen LogP contribution in [-0.2, 0) is 27.2 Å². The van der Waals surface area contributed by atoms with E-state index in [9.17, 15) is 19.2 Å². The number of benzene rings is 2. The molecule has 0 fully saturated rings. The van der Waals surface area contributed by atoms with Gasteiger partial charge >= 0.3 is 18.1 Å². The number of rotatable bonds is 7. The van der Waals surface area contributed by atoms with Crippen molar-refractivity contribution in [1.29, 1.82) is 0 Å². The fraction of sp³-hybridized carbons (Fsp3) is 0.351. The van der Waals surface area contributed by atoms with Gasteiger partial charge in [0.05, 0.1) is 40.9 Å². The van der Waals surface area contributed by atoms with E-state index in [1.165, 1.54) is 23.1 Å². The van der Waals surface area contributed by atoms with E-state index in [1.54, 1.807) is 35.4 Å². The van der Waals surface area contributed by atoms with Gasteiger partial charge in [0, 0.05) is 26.9 Å². The number of hydrogen-bond acceptors (Lipinski definition) is 9. The van der Waals surface area contributed by atoms with Crippen molar-refractivity contribution in [3.05, 3.63) is 88.8 Å². The van der Waals surface area contributed by atoms with Crippen molar-refractivity contribution in [2.75, 3.05) is 28.7 Å². The van der Waals surface area contributed by atoms with E-state index in [1.807, 2.05) is 87.5 Å². The molecule has 10 nitrogen and oxygen atoms in total. The van der Waals surface area contributed by atoms with Crippen LogP contribution in [0.4, 0.5) is 26.0 Å². The van der Waals surface area contributed by atoms with Crippen molar-refractivity contribution >= 4 is 75.2 Å². The molecule has 3 unspecified atom stereocenters. The van der Waals surface area contributed by atoms with Crippen molar-refractivity contribution in [3.8, 4) is 0 Å². The molecule has 0 bridgehead atoms. The molecule has 262 valence electrons. The van der Waals surface area contributed by atoms with Gasteiger partial charge in [-0.05, 0) is 76.9 Å². The third kappa shape index (κ3) is 7.90.